The molecule has 0 saturated carbocycles. The number of carbonyl (C=O) groups is 3. The Morgan fingerprint density at radius 3 is 1.33 bits per heavy atom. The van der Waals surface area contributed by atoms with E-state index in [1.807, 2.05) is 30.3 Å². The first-order valence-corrected chi connectivity index (χ1v) is 33.0. The van der Waals surface area contributed by atoms with E-state index in [0.717, 1.165) is 28.3 Å². The van der Waals surface area contributed by atoms with Crippen molar-refractivity contribution in [3.05, 3.63) is 269 Å². The Kier molecular flexibility index (Phi) is 23.1. The molecule has 3 amide bonds. The Morgan fingerprint density at radius 1 is 0.447 bits per heavy atom. The normalized spacial score (nSPS) is 12.3. The van der Waals surface area contributed by atoms with Crippen LogP contribution in [0.15, 0.2) is 164 Å². The number of ether oxygens (including phenoxy) is 6. The highest BCUT2D eigenvalue weighted by atomic mass is 35.5. The lowest BCUT2D eigenvalue weighted by Crippen LogP contribution is -2.24. The maximum absolute atomic E-state index is 14.9. The molecular weight excluding hydrogens is 1410 g/mol. The van der Waals surface area contributed by atoms with Crippen LogP contribution in [0.25, 0.3) is 33.8 Å². The highest BCUT2D eigenvalue weighted by Crippen LogP contribution is 2.40. The summed E-state index contributed by atoms with van der Waals surface area (Å²) in [5.41, 5.74) is 14.1. The third-order valence-electron chi connectivity index (χ3n) is 16.7. The van der Waals surface area contributed by atoms with Crippen molar-refractivity contribution in [2.24, 2.45) is 0 Å². The number of benzene rings is 5. The molecule has 0 spiro atoms. The zero-order valence-electron chi connectivity index (χ0n) is 56.0. The van der Waals surface area contributed by atoms with Gasteiger partial charge >= 0.3 is 0 Å². The first-order chi connectivity index (χ1) is 49.7. The van der Waals surface area contributed by atoms with Crippen molar-refractivity contribution in [3.8, 4) is 74.0 Å². The largest absolute Gasteiger partial charge is 0.507 e. The molecule has 0 fully saturated rings. The zero-order valence-corrected chi connectivity index (χ0v) is 59.0. The van der Waals surface area contributed by atoms with Crippen molar-refractivity contribution in [3.63, 3.8) is 0 Å². The number of anilines is 1. The van der Waals surface area contributed by atoms with Gasteiger partial charge in [-0.2, -0.15) is 0 Å². The van der Waals surface area contributed by atoms with Crippen molar-refractivity contribution in [2.75, 3.05) is 48.4 Å². The van der Waals surface area contributed by atoms with Crippen LogP contribution in [0, 0.1) is 17.5 Å². The van der Waals surface area contributed by atoms with Crippen LogP contribution < -0.4 is 39.5 Å². The molecule has 4 N–H and O–H groups in total. The summed E-state index contributed by atoms with van der Waals surface area (Å²) in [6, 6.07) is 39.3. The molecule has 20 nitrogen and oxygen atoms in total. The highest BCUT2D eigenvalue weighted by Gasteiger charge is 2.35. The number of methoxy groups -OCH3 is 6. The number of aromatic hydroxyl groups is 1. The molecule has 3 aliphatic heterocycles. The van der Waals surface area contributed by atoms with Gasteiger partial charge in [0.05, 0.1) is 182 Å². The fourth-order valence-electron chi connectivity index (χ4n) is 11.6. The van der Waals surface area contributed by atoms with Crippen LogP contribution >= 0.6 is 46.4 Å². The molecule has 3 aliphatic rings. The van der Waals surface area contributed by atoms with Gasteiger partial charge in [-0.3, -0.25) is 24.4 Å². The number of nitrogens with one attached hydrogen (secondary N) is 1. The fourth-order valence-corrected chi connectivity index (χ4v) is 12.7. The molecule has 526 valence electrons. The molecule has 5 aromatic carbocycles. The summed E-state index contributed by atoms with van der Waals surface area (Å²) in [7, 11) is 9.39. The Labute approximate surface area is 609 Å². The molecular formula is C76H63Cl4F3N10O10. The van der Waals surface area contributed by atoms with Gasteiger partial charge in [0.1, 0.15) is 63.5 Å². The van der Waals surface area contributed by atoms with Gasteiger partial charge in [0.15, 0.2) is 0 Å². The topological polar surface area (TPSA) is 249 Å². The van der Waals surface area contributed by atoms with Crippen LogP contribution in [0.2, 0.25) is 20.1 Å². The molecule has 0 unspecified atom stereocenters. The second-order valence-corrected chi connectivity index (χ2v) is 24.7. The van der Waals surface area contributed by atoms with Gasteiger partial charge in [-0.05, 0) is 126 Å². The van der Waals surface area contributed by atoms with Crippen LogP contribution in [0.5, 0.6) is 40.2 Å². The van der Waals surface area contributed by atoms with Gasteiger partial charge in [0, 0.05) is 47.5 Å². The average molecular weight is 1480 g/mol. The van der Waals surface area contributed by atoms with E-state index in [0.29, 0.717) is 111 Å². The van der Waals surface area contributed by atoms with Crippen LogP contribution in [0.3, 0.4) is 0 Å². The molecule has 103 heavy (non-hydrogen) atoms. The van der Waals surface area contributed by atoms with E-state index in [-0.39, 0.29) is 91.1 Å². The molecule has 0 atom stereocenters. The van der Waals surface area contributed by atoms with E-state index >= 15 is 0 Å². The number of halogens is 7. The number of aromatic nitrogens is 6. The number of phenolic OH excluding ortho intramolecular Hbond substituents is 1. The monoisotopic (exact) mass is 1470 g/mol. The van der Waals surface area contributed by atoms with E-state index in [4.69, 9.17) is 85.5 Å². The number of pyridine rings is 6. The van der Waals surface area contributed by atoms with Gasteiger partial charge in [0.25, 0.3) is 17.7 Å². The van der Waals surface area contributed by atoms with Crippen molar-refractivity contribution in [1.29, 1.82) is 0 Å². The minimum Gasteiger partial charge on any atom is -0.507 e. The number of phenols is 1. The van der Waals surface area contributed by atoms with Gasteiger partial charge in [-0.1, -0.05) is 64.6 Å². The third kappa shape index (κ3) is 16.6. The predicted molar refractivity (Wildman–Crippen MR) is 384 cm³/mol. The van der Waals surface area contributed by atoms with Crippen LogP contribution in [-0.2, 0) is 45.6 Å². The van der Waals surface area contributed by atoms with Gasteiger partial charge in [-0.15, -0.1) is 0 Å². The van der Waals surface area contributed by atoms with Gasteiger partial charge < -0.3 is 54.4 Å². The number of nitrogen functional groups attached to an aromatic ring is 1. The first-order valence-electron chi connectivity index (χ1n) is 31.4. The molecule has 27 heteroatoms. The maximum Gasteiger partial charge on any atom is 0.257 e. The number of carbonyl (C=O) groups excluding carboxylic acids is 3. The number of hydrogen-bond acceptors (Lipinski definition) is 17. The lowest BCUT2D eigenvalue weighted by atomic mass is 9.99. The number of rotatable bonds is 17. The average Bonchev–Trinajstić information content (AvgIpc) is 1.66. The minimum atomic E-state index is -0.523. The van der Waals surface area contributed by atoms with Gasteiger partial charge in [-0.25, -0.2) is 33.1 Å². The van der Waals surface area contributed by atoms with Crippen molar-refractivity contribution in [2.45, 2.75) is 45.6 Å². The Hall–Kier alpha value is -11.2. The van der Waals surface area contributed by atoms with E-state index in [2.05, 4.69) is 30.2 Å². The minimum absolute atomic E-state index is 0.0194. The van der Waals surface area contributed by atoms with Crippen LogP contribution in [0.1, 0.15) is 81.8 Å². The van der Waals surface area contributed by atoms with Crippen LogP contribution in [0.4, 0.5) is 19.0 Å². The molecule has 11 aromatic rings. The summed E-state index contributed by atoms with van der Waals surface area (Å²) in [5, 5.41) is 13.8. The first kappa shape index (κ1) is 73.0. The Bertz CT molecular complexity index is 4950. The zero-order chi connectivity index (χ0) is 73.2. The summed E-state index contributed by atoms with van der Waals surface area (Å²) >= 11 is 25.1. The Morgan fingerprint density at radius 2 is 0.874 bits per heavy atom. The lowest BCUT2D eigenvalue weighted by molar-refractivity contribution is 0.0757. The number of fused-ring (bicyclic) bond motifs is 3. The standard InChI is InChI=1S/C29H25ClFN3O4.C21H15Cl2FN2O3.C20H15ClFN3O2.C6H8N2O/c1-36-20-9-7-17(26(13-20)38-3)15-34-16-25-27(29(34)35)18(11-19-8-10-21(37-2)14-32-19)12-24(33-25)28-22(30)5-4-6-23(28)31;1-29-12-6-5-11(18(27)7-12)9-26-10-17-20(21(26)28)14(23)8-16(25-17)19-13(22)3-2-4-15(19)24;1-27-13-6-5-12(23-9-13)7-11-8-16(19-14(21)3-2-4-15(19)22)25-17-10-24-20(26)18(11)17;1-9-5-2-3-6(7)8-4-5/h4-10,12-14H,11,15-16H2,1-3H3;2-8,27H,9-10H2,1H3;2-6,8-9H,7,10H2,1H3,(H,24,26);2-4H,1H3,(H2,7,8). The SMILES string of the molecule is COc1ccc(CN2Cc3nc(-c4c(F)cccc4Cl)cc(Cl)c3C2=O)c(O)c1.COc1ccc(Cc2cc(-c3c(F)cccc3Cl)nc3c2C(=O)N(Cc2ccc(OC)cc2OC)C3)nc1.COc1ccc(Cc2cc(-c3c(F)cccc3Cl)nc3c2C(=O)NC3)nc1.COc1ccc(N)nc1. The lowest BCUT2D eigenvalue weighted by Gasteiger charge is -2.18. The van der Waals surface area contributed by atoms with E-state index in [9.17, 15) is 32.7 Å². The van der Waals surface area contributed by atoms with Crippen molar-refractivity contribution in [1.82, 2.24) is 45.0 Å². The summed E-state index contributed by atoms with van der Waals surface area (Å²) in [5.74, 6) is 2.19. The van der Waals surface area contributed by atoms with Gasteiger partial charge in [0.2, 0.25) is 0 Å². The third-order valence-corrected chi connectivity index (χ3v) is 17.9. The molecule has 0 bridgehead atoms. The number of hydrogen-bond donors (Lipinski definition) is 3. The fraction of sp³-hybridized carbons (Fsp3) is 0.171. The van der Waals surface area contributed by atoms with E-state index in [1.165, 1.54) is 48.4 Å². The predicted octanol–water partition coefficient (Wildman–Crippen LogP) is 15.2. The molecule has 0 radical (unpaired) electrons. The van der Waals surface area contributed by atoms with Crippen molar-refractivity contribution >= 4 is 69.9 Å². The summed E-state index contributed by atoms with van der Waals surface area (Å²) in [6.45, 7) is 1.21. The quantitative estimate of drug-likeness (QED) is 0.0766. The second kappa shape index (κ2) is 32.6. The van der Waals surface area contributed by atoms with E-state index < -0.39 is 17.5 Å². The Balaban J connectivity index is 0.000000148. The molecule has 6 aromatic heterocycles. The molecule has 0 saturated heterocycles. The maximum atomic E-state index is 14.9. The summed E-state index contributed by atoms with van der Waals surface area (Å²) in [6.07, 6.45) is 5.57. The summed E-state index contributed by atoms with van der Waals surface area (Å²) in [4.78, 5) is 68.3. The number of nitrogens with zero attached hydrogens (tertiary/aromatic N) is 8. The second-order valence-electron chi connectivity index (χ2n) is 23.1. The number of amides is 3. The smallest absolute Gasteiger partial charge is 0.257 e. The number of nitrogens with two attached hydrogens (primary N) is 1. The molecule has 9 heterocycles. The summed E-state index contributed by atoms with van der Waals surface area (Å²) < 4.78 is 74.6. The molecule has 14 rings (SSSR count). The van der Waals surface area contributed by atoms with E-state index in [1.54, 1.807) is 138 Å². The van der Waals surface area contributed by atoms with Crippen LogP contribution in [-0.4, -0.2) is 105 Å². The van der Waals surface area contributed by atoms with Crippen molar-refractivity contribution < 1.29 is 61.1 Å². The molecule has 0 aliphatic carbocycles. The highest BCUT2D eigenvalue weighted by molar-refractivity contribution is 6.35.